The maximum Gasteiger partial charge on any atom is 0.245 e. The molecule has 2 aliphatic rings. The third-order valence-corrected chi connectivity index (χ3v) is 10.7. The Hall–Kier alpha value is -7.11. The van der Waals surface area contributed by atoms with E-state index in [0.29, 0.717) is 12.5 Å². The van der Waals surface area contributed by atoms with Gasteiger partial charge in [-0.1, -0.05) is 43.0 Å². The van der Waals surface area contributed by atoms with Crippen LogP contribution in [0.25, 0.3) is 44.3 Å². The Morgan fingerprint density at radius 1 is 0.655 bits per heavy atom. The maximum absolute atomic E-state index is 12.0. The number of rotatable bonds is 9. The lowest BCUT2D eigenvalue weighted by Crippen LogP contribution is -2.26. The van der Waals surface area contributed by atoms with Gasteiger partial charge in [0, 0.05) is 64.8 Å². The molecule has 1 amide bonds. The van der Waals surface area contributed by atoms with Crippen LogP contribution in [0.3, 0.4) is 0 Å². The highest BCUT2D eigenvalue weighted by molar-refractivity contribution is 5.92. The molecular formula is C47H42N8O3. The molecular weight excluding hydrogens is 725 g/mol. The third kappa shape index (κ3) is 7.93. The van der Waals surface area contributed by atoms with Gasteiger partial charge in [-0.2, -0.15) is 10.2 Å². The van der Waals surface area contributed by atoms with Crippen LogP contribution in [-0.2, 0) is 4.79 Å². The lowest BCUT2D eigenvalue weighted by molar-refractivity contribution is -0.125. The van der Waals surface area contributed by atoms with Gasteiger partial charge in [-0.3, -0.25) is 25.0 Å². The minimum atomic E-state index is -0.0267. The summed E-state index contributed by atoms with van der Waals surface area (Å²) < 4.78 is 11.8. The predicted molar refractivity (Wildman–Crippen MR) is 226 cm³/mol. The second-order valence-corrected chi connectivity index (χ2v) is 14.5. The number of hydrogen-bond acceptors (Lipinski definition) is 8. The minimum absolute atomic E-state index is 0.0267. The molecule has 58 heavy (non-hydrogen) atoms. The van der Waals surface area contributed by atoms with Gasteiger partial charge < -0.3 is 19.7 Å². The molecule has 11 heteroatoms. The van der Waals surface area contributed by atoms with Gasteiger partial charge in [0.15, 0.2) is 0 Å². The largest absolute Gasteiger partial charge is 0.457 e. The van der Waals surface area contributed by atoms with E-state index in [-0.39, 0.29) is 11.8 Å². The van der Waals surface area contributed by atoms with Crippen molar-refractivity contribution in [3.63, 3.8) is 0 Å². The van der Waals surface area contributed by atoms with Crippen molar-refractivity contribution < 1.29 is 14.3 Å². The van der Waals surface area contributed by atoms with Crippen molar-refractivity contribution in [3.8, 4) is 45.5 Å². The molecule has 0 aliphatic carbocycles. The van der Waals surface area contributed by atoms with E-state index in [1.165, 1.54) is 6.08 Å². The predicted octanol–water partition coefficient (Wildman–Crippen LogP) is 9.41. The lowest BCUT2D eigenvalue weighted by atomic mass is 10.0. The summed E-state index contributed by atoms with van der Waals surface area (Å²) in [6.45, 7) is 7.01. The molecule has 0 spiro atoms. The number of benzene rings is 4. The Labute approximate surface area is 335 Å². The van der Waals surface area contributed by atoms with E-state index in [2.05, 4.69) is 56.6 Å². The van der Waals surface area contributed by atoms with E-state index in [1.807, 2.05) is 114 Å². The van der Waals surface area contributed by atoms with Crippen molar-refractivity contribution in [1.29, 1.82) is 0 Å². The number of nitrogens with one attached hydrogen (secondary N) is 3. The Kier molecular flexibility index (Phi) is 10.4. The first-order valence-corrected chi connectivity index (χ1v) is 19.5. The molecule has 3 N–H and O–H groups in total. The molecule has 0 saturated carbocycles. The highest BCUT2D eigenvalue weighted by Gasteiger charge is 2.28. The second kappa shape index (κ2) is 16.5. The van der Waals surface area contributed by atoms with Gasteiger partial charge in [-0.25, -0.2) is 0 Å². The fourth-order valence-corrected chi connectivity index (χ4v) is 7.63. The molecule has 2 aliphatic heterocycles. The number of aromatic amines is 2. The molecule has 6 heterocycles. The number of amides is 1. The van der Waals surface area contributed by atoms with Crippen LogP contribution in [0.2, 0.25) is 0 Å². The zero-order chi connectivity index (χ0) is 39.3. The summed E-state index contributed by atoms with van der Waals surface area (Å²) in [6, 6.07) is 39.7. The SMILES string of the molecule is C=CC(=O)N1CCC(c2cc3cn[nH]c3c(-c3ccc(Oc4ccccc4)cc3)n2)C1.c1ccc(Oc2ccc(-c3nc(C4CCNC4)cc4cn[nH]c34)cc2)cc1. The number of carbonyl (C=O) groups excluding carboxylic acids is 1. The standard InChI is InChI=1S/C25H22N4O2.C22H20N4O/c1-2-23(30)29-13-12-18(16-29)22-14-19-15-26-28-25(19)24(27-22)17-8-10-21(11-9-17)31-20-6-4-3-5-7-20;1-2-4-18(5-3-1)27-19-8-6-15(7-9-19)21-22-17(14-24-26-22)12-20(25-21)16-10-11-23-13-16/h2-11,14-15,18H,1,12-13,16H2,(H,26,28);1-9,12,14,16,23H,10-11,13H2,(H,24,26). The number of aromatic nitrogens is 6. The van der Waals surface area contributed by atoms with Crippen LogP contribution in [0, 0.1) is 0 Å². The molecule has 4 aromatic carbocycles. The van der Waals surface area contributed by atoms with Crippen molar-refractivity contribution >= 4 is 27.7 Å². The highest BCUT2D eigenvalue weighted by atomic mass is 16.5. The topological polar surface area (TPSA) is 134 Å². The van der Waals surface area contributed by atoms with Crippen molar-refractivity contribution in [2.24, 2.45) is 0 Å². The molecule has 0 radical (unpaired) electrons. The van der Waals surface area contributed by atoms with Crippen LogP contribution in [-0.4, -0.2) is 67.3 Å². The number of carbonyl (C=O) groups is 1. The van der Waals surface area contributed by atoms with Crippen molar-refractivity contribution in [3.05, 3.63) is 158 Å². The zero-order valence-electron chi connectivity index (χ0n) is 31.8. The minimum Gasteiger partial charge on any atom is -0.457 e. The Morgan fingerprint density at radius 3 is 1.64 bits per heavy atom. The fraction of sp³-hybridized carbons (Fsp3) is 0.170. The number of likely N-dealkylation sites (tertiary alicyclic amines) is 1. The van der Waals surface area contributed by atoms with Crippen molar-refractivity contribution in [1.82, 2.24) is 40.6 Å². The Balaban J connectivity index is 0.000000152. The molecule has 2 atom stereocenters. The average molecular weight is 767 g/mol. The summed E-state index contributed by atoms with van der Waals surface area (Å²) in [5.41, 5.74) is 7.81. The monoisotopic (exact) mass is 766 g/mol. The zero-order valence-corrected chi connectivity index (χ0v) is 31.8. The van der Waals surface area contributed by atoms with Gasteiger partial charge >= 0.3 is 0 Å². The third-order valence-electron chi connectivity index (χ3n) is 10.7. The van der Waals surface area contributed by atoms with E-state index in [1.54, 1.807) is 0 Å². The molecule has 2 saturated heterocycles. The summed E-state index contributed by atoms with van der Waals surface area (Å²) >= 11 is 0. The van der Waals surface area contributed by atoms with E-state index in [0.717, 1.165) is 111 Å². The van der Waals surface area contributed by atoms with E-state index < -0.39 is 0 Å². The van der Waals surface area contributed by atoms with Crippen LogP contribution >= 0.6 is 0 Å². The molecule has 10 rings (SSSR count). The van der Waals surface area contributed by atoms with Crippen LogP contribution in [0.5, 0.6) is 23.0 Å². The Morgan fingerprint density at radius 2 is 1.16 bits per heavy atom. The molecule has 0 bridgehead atoms. The van der Waals surface area contributed by atoms with Crippen LogP contribution < -0.4 is 14.8 Å². The average Bonchev–Trinajstić information content (AvgIpc) is 4.12. The second-order valence-electron chi connectivity index (χ2n) is 14.5. The maximum atomic E-state index is 12.0. The van der Waals surface area contributed by atoms with Gasteiger partial charge in [-0.15, -0.1) is 0 Å². The van der Waals surface area contributed by atoms with Gasteiger partial charge in [0.05, 0.1) is 34.8 Å². The summed E-state index contributed by atoms with van der Waals surface area (Å²) in [4.78, 5) is 23.8. The summed E-state index contributed by atoms with van der Waals surface area (Å²) in [5, 5.41) is 20.2. The molecule has 8 aromatic rings. The number of para-hydroxylation sites is 2. The molecule has 4 aromatic heterocycles. The van der Waals surface area contributed by atoms with Crippen LogP contribution in [0.4, 0.5) is 0 Å². The first kappa shape index (κ1) is 36.5. The molecule has 11 nitrogen and oxygen atoms in total. The lowest BCUT2D eigenvalue weighted by Gasteiger charge is -2.15. The van der Waals surface area contributed by atoms with Gasteiger partial charge in [-0.05, 0) is 110 Å². The summed E-state index contributed by atoms with van der Waals surface area (Å²) in [7, 11) is 0. The highest BCUT2D eigenvalue weighted by Crippen LogP contribution is 2.35. The first-order chi connectivity index (χ1) is 28.6. The Bertz CT molecular complexity index is 2650. The quantitative estimate of drug-likeness (QED) is 0.124. The molecule has 2 unspecified atom stereocenters. The van der Waals surface area contributed by atoms with E-state index >= 15 is 0 Å². The van der Waals surface area contributed by atoms with Crippen molar-refractivity contribution in [2.75, 3.05) is 26.2 Å². The summed E-state index contributed by atoms with van der Waals surface area (Å²) in [5.74, 6) is 3.83. The van der Waals surface area contributed by atoms with Gasteiger partial charge in [0.1, 0.15) is 23.0 Å². The first-order valence-electron chi connectivity index (χ1n) is 19.5. The summed E-state index contributed by atoms with van der Waals surface area (Å²) in [6.07, 6.45) is 7.08. The van der Waals surface area contributed by atoms with E-state index in [9.17, 15) is 4.79 Å². The number of nitrogens with zero attached hydrogens (tertiary/aromatic N) is 5. The van der Waals surface area contributed by atoms with Gasteiger partial charge in [0.2, 0.25) is 5.91 Å². The van der Waals surface area contributed by atoms with Gasteiger partial charge in [0.25, 0.3) is 0 Å². The van der Waals surface area contributed by atoms with Crippen LogP contribution in [0.1, 0.15) is 36.1 Å². The van der Waals surface area contributed by atoms with Crippen LogP contribution in [0.15, 0.2) is 146 Å². The van der Waals surface area contributed by atoms with E-state index in [4.69, 9.17) is 19.4 Å². The number of ether oxygens (including phenoxy) is 2. The van der Waals surface area contributed by atoms with Crippen molar-refractivity contribution in [2.45, 2.75) is 24.7 Å². The normalized spacial score (nSPS) is 16.2. The molecule has 288 valence electrons. The smallest absolute Gasteiger partial charge is 0.245 e. The number of pyridine rings is 2. The fourth-order valence-electron chi connectivity index (χ4n) is 7.63. The number of fused-ring (bicyclic) bond motifs is 2. The number of hydrogen-bond donors (Lipinski definition) is 3. The number of H-pyrrole nitrogens is 2. The molecule has 2 fully saturated rings.